The van der Waals surface area contributed by atoms with E-state index in [2.05, 4.69) is 23.4 Å². The maximum Gasteiger partial charge on any atom is 0.264 e. The number of anilines is 1. The van der Waals surface area contributed by atoms with E-state index in [4.69, 9.17) is 0 Å². The number of sulfonamides is 1. The van der Waals surface area contributed by atoms with Crippen LogP contribution in [0.3, 0.4) is 0 Å². The van der Waals surface area contributed by atoms with Gasteiger partial charge in [0.05, 0.1) is 17.4 Å². The molecule has 0 saturated carbocycles. The molecule has 3 heterocycles. The van der Waals surface area contributed by atoms with Gasteiger partial charge in [-0.15, -0.1) is 0 Å². The van der Waals surface area contributed by atoms with E-state index in [1.807, 2.05) is 18.2 Å². The number of benzene rings is 1. The Morgan fingerprint density at radius 1 is 0.923 bits per heavy atom. The Morgan fingerprint density at radius 3 is 2.65 bits per heavy atom. The van der Waals surface area contributed by atoms with Gasteiger partial charge in [-0.25, -0.2) is 18.4 Å². The van der Waals surface area contributed by atoms with Crippen molar-refractivity contribution in [3.63, 3.8) is 0 Å². The molecule has 1 N–H and O–H groups in total. The van der Waals surface area contributed by atoms with Gasteiger partial charge in [-0.2, -0.15) is 8.75 Å². The van der Waals surface area contributed by atoms with E-state index in [-0.39, 0.29) is 4.90 Å². The van der Waals surface area contributed by atoms with Crippen LogP contribution in [0.5, 0.6) is 0 Å². The van der Waals surface area contributed by atoms with Crippen molar-refractivity contribution in [2.75, 3.05) is 4.72 Å². The molecule has 7 nitrogen and oxygen atoms in total. The Labute approximate surface area is 157 Å². The Kier molecular flexibility index (Phi) is 4.53. The zero-order valence-electron chi connectivity index (χ0n) is 13.1. The molecule has 4 aromatic rings. The van der Waals surface area contributed by atoms with E-state index in [1.165, 1.54) is 17.8 Å². The molecule has 0 amide bonds. The summed E-state index contributed by atoms with van der Waals surface area (Å²) in [7, 11) is -3.80. The van der Waals surface area contributed by atoms with Crippen LogP contribution < -0.4 is 4.72 Å². The molecule has 0 aliphatic heterocycles. The maximum atomic E-state index is 12.8. The largest absolute Gasteiger partial charge is 0.279 e. The van der Waals surface area contributed by atoms with E-state index in [0.29, 0.717) is 21.7 Å². The maximum absolute atomic E-state index is 12.8. The molecule has 0 fully saturated rings. The summed E-state index contributed by atoms with van der Waals surface area (Å²) >= 11 is 2.33. The minimum Gasteiger partial charge on any atom is -0.279 e. The monoisotopic (exact) mass is 401 g/mol. The highest BCUT2D eigenvalue weighted by atomic mass is 32.2. The van der Waals surface area contributed by atoms with Crippen molar-refractivity contribution in [2.24, 2.45) is 0 Å². The minimum atomic E-state index is -3.80. The topological polar surface area (TPSA) is 97.7 Å². The molecule has 1 aromatic carbocycles. The van der Waals surface area contributed by atoms with Crippen LogP contribution in [-0.4, -0.2) is 27.1 Å². The fourth-order valence-corrected chi connectivity index (χ4v) is 4.84. The van der Waals surface area contributed by atoms with Gasteiger partial charge in [-0.1, -0.05) is 23.9 Å². The summed E-state index contributed by atoms with van der Waals surface area (Å²) in [6, 6.07) is 13.7. The molecule has 130 valence electrons. The molecule has 0 aliphatic rings. The predicted molar refractivity (Wildman–Crippen MR) is 101 cm³/mol. The molecule has 4 rings (SSSR count). The molecule has 0 unspecified atom stereocenters. The number of hydrogen-bond acceptors (Lipinski definition) is 8. The van der Waals surface area contributed by atoms with Gasteiger partial charge >= 0.3 is 0 Å². The number of pyridine rings is 2. The first kappa shape index (κ1) is 16.9. The fraction of sp³-hybridized carbons (Fsp3) is 0. The van der Waals surface area contributed by atoms with E-state index < -0.39 is 10.0 Å². The molecule has 10 heteroatoms. The second-order valence-corrected chi connectivity index (χ2v) is 8.37. The number of nitrogens with one attached hydrogen (secondary N) is 1. The molecular weight excluding hydrogens is 390 g/mol. The van der Waals surface area contributed by atoms with Gasteiger partial charge in [-0.3, -0.25) is 4.72 Å². The molecule has 26 heavy (non-hydrogen) atoms. The van der Waals surface area contributed by atoms with Gasteiger partial charge in [0.2, 0.25) is 0 Å². The Balaban J connectivity index is 1.62. The van der Waals surface area contributed by atoms with E-state index in [1.54, 1.807) is 36.7 Å². The van der Waals surface area contributed by atoms with Crippen LogP contribution in [0.25, 0.3) is 11.0 Å². The molecule has 0 atom stereocenters. The van der Waals surface area contributed by atoms with Gasteiger partial charge in [0.1, 0.15) is 26.0 Å². The van der Waals surface area contributed by atoms with Crippen LogP contribution in [0.1, 0.15) is 0 Å². The third kappa shape index (κ3) is 3.52. The van der Waals surface area contributed by atoms with Crippen molar-refractivity contribution in [2.45, 2.75) is 14.9 Å². The Bertz CT molecular complexity index is 1160. The van der Waals surface area contributed by atoms with Gasteiger partial charge in [0, 0.05) is 12.4 Å². The van der Waals surface area contributed by atoms with Gasteiger partial charge in [0.15, 0.2) is 0 Å². The highest BCUT2D eigenvalue weighted by Gasteiger charge is 2.20. The predicted octanol–water partition coefficient (Wildman–Crippen LogP) is 3.43. The van der Waals surface area contributed by atoms with Crippen molar-refractivity contribution < 1.29 is 8.42 Å². The van der Waals surface area contributed by atoms with Crippen molar-refractivity contribution in [1.29, 1.82) is 0 Å². The third-order valence-electron chi connectivity index (χ3n) is 3.37. The lowest BCUT2D eigenvalue weighted by atomic mass is 10.3. The lowest BCUT2D eigenvalue weighted by molar-refractivity contribution is 0.602. The summed E-state index contributed by atoms with van der Waals surface area (Å²) in [4.78, 5) is 8.57. The minimum absolute atomic E-state index is 0.0968. The second kappa shape index (κ2) is 6.98. The SMILES string of the molecule is O=S(=O)(Nc1ccnc(Sc2ccccn2)c1)c1cccc2nsnc12. The molecule has 0 radical (unpaired) electrons. The molecule has 0 aliphatic carbocycles. The first-order chi connectivity index (χ1) is 12.6. The number of aromatic nitrogens is 4. The van der Waals surface area contributed by atoms with Crippen LogP contribution in [0.4, 0.5) is 5.69 Å². The first-order valence-corrected chi connectivity index (χ1v) is 10.4. The second-order valence-electron chi connectivity index (χ2n) is 5.15. The summed E-state index contributed by atoms with van der Waals surface area (Å²) in [5.41, 5.74) is 1.33. The van der Waals surface area contributed by atoms with Gasteiger partial charge < -0.3 is 0 Å². The van der Waals surface area contributed by atoms with Crippen LogP contribution in [0.15, 0.2) is 75.9 Å². The van der Waals surface area contributed by atoms with Crippen LogP contribution in [0, 0.1) is 0 Å². The van der Waals surface area contributed by atoms with Crippen molar-refractivity contribution in [3.8, 4) is 0 Å². The number of rotatable bonds is 5. The van der Waals surface area contributed by atoms with Crippen molar-refractivity contribution >= 4 is 50.2 Å². The summed E-state index contributed by atoms with van der Waals surface area (Å²) in [6.07, 6.45) is 3.24. The summed E-state index contributed by atoms with van der Waals surface area (Å²) in [5, 5.41) is 1.41. The molecule has 0 spiro atoms. The lowest BCUT2D eigenvalue weighted by Gasteiger charge is -2.09. The average molecular weight is 401 g/mol. The summed E-state index contributed by atoms with van der Waals surface area (Å²) in [6.45, 7) is 0. The van der Waals surface area contributed by atoms with Crippen molar-refractivity contribution in [3.05, 3.63) is 60.9 Å². The molecule has 0 saturated heterocycles. The van der Waals surface area contributed by atoms with Crippen LogP contribution >= 0.6 is 23.5 Å². The molecule has 3 aromatic heterocycles. The number of hydrogen-bond donors (Lipinski definition) is 1. The Hall–Kier alpha value is -2.56. The Morgan fingerprint density at radius 2 is 1.81 bits per heavy atom. The highest BCUT2D eigenvalue weighted by molar-refractivity contribution is 7.99. The average Bonchev–Trinajstić information content (AvgIpc) is 3.11. The molecule has 0 bridgehead atoms. The number of fused-ring (bicyclic) bond motifs is 1. The summed E-state index contributed by atoms with van der Waals surface area (Å²) in [5.74, 6) is 0. The number of nitrogens with zero attached hydrogens (tertiary/aromatic N) is 4. The van der Waals surface area contributed by atoms with Gasteiger partial charge in [-0.05, 0) is 36.4 Å². The summed E-state index contributed by atoms with van der Waals surface area (Å²) < 4.78 is 36.3. The zero-order chi connectivity index (χ0) is 18.0. The van der Waals surface area contributed by atoms with Crippen LogP contribution in [0.2, 0.25) is 0 Å². The molecular formula is C16H11N5O2S3. The quantitative estimate of drug-likeness (QED) is 0.547. The highest BCUT2D eigenvalue weighted by Crippen LogP contribution is 2.27. The normalized spacial score (nSPS) is 11.5. The fourth-order valence-electron chi connectivity index (χ4n) is 2.25. The van der Waals surface area contributed by atoms with Crippen molar-refractivity contribution in [1.82, 2.24) is 18.7 Å². The van der Waals surface area contributed by atoms with Crippen LogP contribution in [-0.2, 0) is 10.0 Å². The smallest absolute Gasteiger partial charge is 0.264 e. The third-order valence-corrected chi connectivity index (χ3v) is 6.21. The van der Waals surface area contributed by atoms with E-state index in [9.17, 15) is 8.42 Å². The van der Waals surface area contributed by atoms with E-state index >= 15 is 0 Å². The zero-order valence-corrected chi connectivity index (χ0v) is 15.6. The first-order valence-electron chi connectivity index (χ1n) is 7.41. The lowest BCUT2D eigenvalue weighted by Crippen LogP contribution is -2.13. The van der Waals surface area contributed by atoms with E-state index in [0.717, 1.165) is 16.8 Å². The van der Waals surface area contributed by atoms with Gasteiger partial charge in [0.25, 0.3) is 10.0 Å². The standard InChI is InChI=1S/C16H11N5O2S3/c22-26(23,13-5-3-4-12-16(13)20-25-19-12)21-11-7-9-18-15(10-11)24-14-6-1-2-8-17-14/h1-10H,(H,18,21).